The van der Waals surface area contributed by atoms with Crippen molar-refractivity contribution in [1.29, 1.82) is 5.26 Å². The van der Waals surface area contributed by atoms with Crippen LogP contribution in [-0.4, -0.2) is 27.6 Å². The predicted molar refractivity (Wildman–Crippen MR) is 159 cm³/mol. The number of benzene rings is 2. The lowest BCUT2D eigenvalue weighted by Crippen LogP contribution is -2.38. The van der Waals surface area contributed by atoms with E-state index in [2.05, 4.69) is 51.5 Å². The molecular formula is C31H30ClFN8. The van der Waals surface area contributed by atoms with Crippen LogP contribution in [0.5, 0.6) is 0 Å². The topological polar surface area (TPSA) is 101 Å². The van der Waals surface area contributed by atoms with Gasteiger partial charge in [-0.2, -0.15) is 5.26 Å². The normalized spacial score (nSPS) is 16.8. The summed E-state index contributed by atoms with van der Waals surface area (Å²) in [7, 11) is 0. The molecule has 1 unspecified atom stereocenters. The highest BCUT2D eigenvalue weighted by Gasteiger charge is 2.32. The van der Waals surface area contributed by atoms with Crippen molar-refractivity contribution < 1.29 is 5.76 Å². The van der Waals surface area contributed by atoms with E-state index < -0.39 is 6.02 Å². The van der Waals surface area contributed by atoms with Gasteiger partial charge in [0.1, 0.15) is 11.9 Å². The van der Waals surface area contributed by atoms with E-state index in [9.17, 15) is 11.0 Å². The Labute approximate surface area is 244 Å². The highest BCUT2D eigenvalue weighted by molar-refractivity contribution is 6.35. The van der Waals surface area contributed by atoms with Crippen molar-refractivity contribution in [3.8, 4) is 6.07 Å². The number of aromatic nitrogens is 2. The fourth-order valence-electron chi connectivity index (χ4n) is 4.83. The van der Waals surface area contributed by atoms with E-state index >= 15 is 0 Å². The summed E-state index contributed by atoms with van der Waals surface area (Å²) in [6.07, 6.45) is 7.27. The molecule has 2 aromatic carbocycles. The van der Waals surface area contributed by atoms with Gasteiger partial charge in [0, 0.05) is 53.4 Å². The molecule has 3 heterocycles. The lowest BCUT2D eigenvalue weighted by Gasteiger charge is -2.26. The third-order valence-corrected chi connectivity index (χ3v) is 7.60. The van der Waals surface area contributed by atoms with Gasteiger partial charge in [0.05, 0.1) is 34.9 Å². The number of nitrogens with one attached hydrogen (secondary N) is 4. The van der Waals surface area contributed by atoms with Crippen LogP contribution < -0.4 is 21.6 Å². The van der Waals surface area contributed by atoms with Crippen molar-refractivity contribution in [1.82, 2.24) is 25.9 Å². The number of hydrogen-bond acceptors (Lipinski definition) is 8. The fourth-order valence-corrected chi connectivity index (χ4v) is 5.10. The van der Waals surface area contributed by atoms with E-state index in [-0.39, 0.29) is 11.2 Å². The largest absolute Gasteiger partial charge is 0.382 e. The second kappa shape index (κ2) is 10.9. The number of fused-ring (bicyclic) bond motifs is 1. The number of anilines is 2. The molecule has 0 amide bonds. The van der Waals surface area contributed by atoms with Crippen LogP contribution in [0.15, 0.2) is 78.9 Å². The maximum Gasteiger partial charge on any atom is 0.123 e. The minimum absolute atomic E-state index is 0.344. The summed E-state index contributed by atoms with van der Waals surface area (Å²) in [6.45, 7) is 4.65. The lowest BCUT2D eigenvalue weighted by molar-refractivity contribution is 0.260. The third-order valence-electron chi connectivity index (χ3n) is 7.31. The van der Waals surface area contributed by atoms with Gasteiger partial charge in [-0.15, -0.1) is 5.53 Å². The highest BCUT2D eigenvalue weighted by atomic mass is 35.5. The fraction of sp³-hybridized carbons (Fsp3) is 0.258. The average Bonchev–Trinajstić information content (AvgIpc) is 3.72. The summed E-state index contributed by atoms with van der Waals surface area (Å²) in [5, 5.41) is 19.7. The highest BCUT2D eigenvalue weighted by Crippen LogP contribution is 2.37. The first-order valence-corrected chi connectivity index (χ1v) is 13.8. The molecule has 208 valence electrons. The third kappa shape index (κ3) is 5.62. The van der Waals surface area contributed by atoms with Gasteiger partial charge in [0.15, 0.2) is 0 Å². The molecule has 1 atom stereocenters. The van der Waals surface area contributed by atoms with Crippen LogP contribution in [0.4, 0.5) is 15.8 Å². The monoisotopic (exact) mass is 569 g/mol. The zero-order valence-corrected chi connectivity index (χ0v) is 23.4. The molecule has 10 heteroatoms. The minimum atomic E-state index is -1.53. The standard InChI is InChI=1S/C31H30ClFN8/c1-31(2,27-5-3-4-12-35-27)18-37-28-20(15-34)16-36-30-24(28)13-22(14-25(30)32)38-29(19-6-8-21(33)9-7-19)26-17-41(40-39-26)23-10-11-23/h3-9,12-14,16-17,23,29,38-40H,10-11,18H2,1-2H3,(H,36,37)/i29D. The van der Waals surface area contributed by atoms with Gasteiger partial charge in [-0.05, 0) is 54.8 Å². The SMILES string of the molecule is [2H]C(Nc1cc(Cl)c2ncc(C#N)c(NCC(C)(C)c3ccccn3)c2c1)(C1=CN(C2CC2)NN1)c1ccc(F)cc1. The number of pyridine rings is 2. The van der Waals surface area contributed by atoms with Gasteiger partial charge in [-0.1, -0.05) is 43.6 Å². The molecule has 41 heavy (non-hydrogen) atoms. The number of hydrazine groups is 2. The molecule has 1 aliphatic carbocycles. The molecule has 2 aliphatic rings. The van der Waals surface area contributed by atoms with Crippen molar-refractivity contribution >= 4 is 33.9 Å². The number of nitrogens with zero attached hydrogens (tertiary/aromatic N) is 4. The van der Waals surface area contributed by atoms with E-state index in [1.165, 1.54) is 18.3 Å². The van der Waals surface area contributed by atoms with Gasteiger partial charge in [-0.3, -0.25) is 15.0 Å². The van der Waals surface area contributed by atoms with Gasteiger partial charge in [0.2, 0.25) is 0 Å². The maximum absolute atomic E-state index is 13.9. The van der Waals surface area contributed by atoms with Crippen LogP contribution >= 0.6 is 11.6 Å². The Balaban J connectivity index is 1.40. The summed E-state index contributed by atoms with van der Waals surface area (Å²) in [5.41, 5.74) is 9.89. The summed E-state index contributed by atoms with van der Waals surface area (Å²) < 4.78 is 23.5. The molecule has 1 aliphatic heterocycles. The van der Waals surface area contributed by atoms with Gasteiger partial charge in [0.25, 0.3) is 0 Å². The summed E-state index contributed by atoms with van der Waals surface area (Å²) in [5.74, 6) is -0.389. The lowest BCUT2D eigenvalue weighted by atomic mass is 9.88. The van der Waals surface area contributed by atoms with Crippen molar-refractivity contribution in [2.75, 3.05) is 17.2 Å². The molecule has 0 saturated heterocycles. The Morgan fingerprint density at radius 2 is 2.02 bits per heavy atom. The Morgan fingerprint density at radius 1 is 1.22 bits per heavy atom. The van der Waals surface area contributed by atoms with E-state index in [0.29, 0.717) is 56.7 Å². The Morgan fingerprint density at radius 3 is 2.73 bits per heavy atom. The van der Waals surface area contributed by atoms with Crippen LogP contribution in [0, 0.1) is 17.1 Å². The average molecular weight is 570 g/mol. The molecule has 0 radical (unpaired) electrons. The van der Waals surface area contributed by atoms with Crippen LogP contribution in [0.25, 0.3) is 10.9 Å². The molecule has 1 saturated carbocycles. The van der Waals surface area contributed by atoms with Crippen LogP contribution in [0.1, 0.15) is 50.9 Å². The molecule has 6 rings (SSSR count). The molecule has 4 aromatic rings. The summed E-state index contributed by atoms with van der Waals surface area (Å²) in [4.78, 5) is 8.99. The van der Waals surface area contributed by atoms with E-state index in [0.717, 1.165) is 18.5 Å². The van der Waals surface area contributed by atoms with Gasteiger partial charge >= 0.3 is 0 Å². The second-order valence-corrected chi connectivity index (χ2v) is 11.3. The molecule has 0 spiro atoms. The number of nitriles is 1. The smallest absolute Gasteiger partial charge is 0.123 e. The molecule has 2 aromatic heterocycles. The first kappa shape index (κ1) is 25.6. The van der Waals surface area contributed by atoms with Gasteiger partial charge in [-0.25, -0.2) is 4.39 Å². The van der Waals surface area contributed by atoms with E-state index in [1.54, 1.807) is 24.4 Å². The zero-order chi connectivity index (χ0) is 29.5. The van der Waals surface area contributed by atoms with Crippen LogP contribution in [-0.2, 0) is 5.41 Å². The molecule has 4 N–H and O–H groups in total. The predicted octanol–water partition coefficient (Wildman–Crippen LogP) is 6.17. The van der Waals surface area contributed by atoms with Crippen molar-refractivity contribution in [3.05, 3.63) is 107 Å². The molecular weight excluding hydrogens is 539 g/mol. The van der Waals surface area contributed by atoms with Crippen molar-refractivity contribution in [2.24, 2.45) is 0 Å². The maximum atomic E-state index is 13.9. The molecule has 8 nitrogen and oxygen atoms in total. The van der Waals surface area contributed by atoms with Crippen molar-refractivity contribution in [2.45, 2.75) is 44.2 Å². The van der Waals surface area contributed by atoms with Gasteiger partial charge < -0.3 is 16.1 Å². The minimum Gasteiger partial charge on any atom is -0.382 e. The summed E-state index contributed by atoms with van der Waals surface area (Å²) >= 11 is 6.76. The molecule has 1 fully saturated rings. The van der Waals surface area contributed by atoms with E-state index in [4.69, 9.17) is 11.6 Å². The molecule has 0 bridgehead atoms. The van der Waals surface area contributed by atoms with Crippen LogP contribution in [0.2, 0.25) is 5.02 Å². The number of hydrogen-bond donors (Lipinski definition) is 4. The second-order valence-electron chi connectivity index (χ2n) is 10.9. The number of rotatable bonds is 9. The first-order valence-electron chi connectivity index (χ1n) is 13.9. The Kier molecular flexibility index (Phi) is 6.79. The first-order chi connectivity index (χ1) is 20.2. The summed E-state index contributed by atoms with van der Waals surface area (Å²) in [6, 6.07) is 16.3. The number of halogens is 2. The Hall–Kier alpha value is -4.39. The van der Waals surface area contributed by atoms with Crippen LogP contribution in [0.3, 0.4) is 0 Å². The van der Waals surface area contributed by atoms with E-state index in [1.807, 2.05) is 35.5 Å². The van der Waals surface area contributed by atoms with Crippen molar-refractivity contribution in [3.63, 3.8) is 0 Å². The quantitative estimate of drug-likeness (QED) is 0.190. The zero-order valence-electron chi connectivity index (χ0n) is 23.7. The Bertz CT molecular complexity index is 1700.